The average molecular weight is 1630 g/mol. The Morgan fingerprint density at radius 3 is 1.06 bits per heavy atom. The van der Waals surface area contributed by atoms with E-state index in [1.54, 1.807) is 34.6 Å². The van der Waals surface area contributed by atoms with Gasteiger partial charge in [-0.05, 0) is 38.0 Å². The van der Waals surface area contributed by atoms with Crippen molar-refractivity contribution in [3.8, 4) is 0 Å². The molecule has 25 N–H and O–H groups in total. The molecule has 9 aliphatic heterocycles. The summed E-state index contributed by atoms with van der Waals surface area (Å²) in [5, 5.41) is 257. The summed E-state index contributed by atoms with van der Waals surface area (Å²) in [6.07, 6.45) is -62.6. The Morgan fingerprint density at radius 1 is 0.288 bits per heavy atom. The molecule has 0 saturated carbocycles. The van der Waals surface area contributed by atoms with Crippen molar-refractivity contribution in [2.75, 3.05) is 26.4 Å². The smallest absolute Gasteiger partial charge is 0.335 e. The first kappa shape index (κ1) is 99.0. The first-order valence-electron chi connectivity index (χ1n) is 36.9. The molecule has 9 aliphatic rings. The van der Waals surface area contributed by atoms with E-state index in [2.05, 4.69) is 0 Å². The van der Waals surface area contributed by atoms with Crippen molar-refractivity contribution >= 4 is 11.9 Å². The van der Waals surface area contributed by atoms with Crippen molar-refractivity contribution in [2.24, 2.45) is 22.7 Å². The van der Waals surface area contributed by atoms with Crippen molar-refractivity contribution in [3.05, 3.63) is 0 Å². The Bertz CT molecular complexity index is 2750. The first-order valence-corrected chi connectivity index (χ1v) is 36.9. The van der Waals surface area contributed by atoms with E-state index >= 15 is 0 Å². The SMILES string of the molecule is C.CC.CC1OC(OC2C(O)C(C(=O)O)OC(C(C)(C)C)C2O)C(O)C(OC2OC(CO)C(O)C(C)C2O)C1O.CC[C@H]1O[C@@H](O[C@H]2[C@H](O[C@H]3[C@H](O)[C@@H](OC4O[C@@H](C)[C@H](O)[C@@H](O)[C@H]4O)[C@H](C)O[C@@H]3C(=O)O)O[C@H](CO)[C@H](O)[C@@H]2O)[C@H](O)[C@@H](O)[C@@H]1O.C[C@@H]1[C@@H](O)[C@H](O[C@H]2[C@H](O)[C@@H](CO)OC(C(C)(C)C)[C@@H]2O)O[C@H](CO)[C@H]1O. The summed E-state index contributed by atoms with van der Waals surface area (Å²) in [5.41, 5.74) is -1.26. The summed E-state index contributed by atoms with van der Waals surface area (Å²) in [6, 6.07) is 0. The number of hydrogen-bond donors (Lipinski definition) is 25. The molecule has 0 aliphatic carbocycles. The van der Waals surface area contributed by atoms with Gasteiger partial charge in [-0.25, -0.2) is 9.59 Å². The minimum absolute atomic E-state index is 0. The lowest BCUT2D eigenvalue weighted by Crippen LogP contribution is -2.67. The number of carbonyl (C=O) groups is 2. The third kappa shape index (κ3) is 22.3. The van der Waals surface area contributed by atoms with Crippen LogP contribution in [0.15, 0.2) is 0 Å². The van der Waals surface area contributed by atoms with E-state index in [-0.39, 0.29) is 13.8 Å². The van der Waals surface area contributed by atoms with E-state index in [0.717, 1.165) is 0 Å². The minimum atomic E-state index is -1.93. The Balaban J connectivity index is 0.000000303. The predicted octanol–water partition coefficient (Wildman–Crippen LogP) is -9.59. The van der Waals surface area contributed by atoms with Crippen molar-refractivity contribution < 1.29 is 208 Å². The van der Waals surface area contributed by atoms with E-state index in [9.17, 15) is 137 Å². The molecule has 0 aromatic heterocycles. The van der Waals surface area contributed by atoms with Crippen molar-refractivity contribution in [1.29, 1.82) is 0 Å². The van der Waals surface area contributed by atoms with Gasteiger partial charge in [0.05, 0.1) is 75.3 Å². The maximum Gasteiger partial charge on any atom is 0.335 e. The lowest BCUT2D eigenvalue weighted by atomic mass is 9.80. The molecular formula is C69H126O42. The number of hydrogen-bond acceptors (Lipinski definition) is 40. The zero-order valence-electron chi connectivity index (χ0n) is 63.6. The fraction of sp³-hybridized carbons (Fsp3) is 0.971. The molecule has 0 spiro atoms. The largest absolute Gasteiger partial charge is 0.479 e. The highest BCUT2D eigenvalue weighted by atomic mass is 16.8. The molecule has 9 rings (SSSR count). The molecule has 0 amide bonds. The molecule has 111 heavy (non-hydrogen) atoms. The molecule has 9 fully saturated rings. The molecule has 45 atom stereocenters. The van der Waals surface area contributed by atoms with Crippen LogP contribution in [0.5, 0.6) is 0 Å². The second-order valence-corrected chi connectivity index (χ2v) is 31.1. The van der Waals surface area contributed by atoms with Crippen LogP contribution in [0.25, 0.3) is 0 Å². The van der Waals surface area contributed by atoms with Gasteiger partial charge in [0.15, 0.2) is 49.9 Å². The van der Waals surface area contributed by atoms with Gasteiger partial charge in [-0.15, -0.1) is 0 Å². The molecule has 0 radical (unpaired) electrons. The zero-order valence-corrected chi connectivity index (χ0v) is 63.6. The molecule has 654 valence electrons. The fourth-order valence-electron chi connectivity index (χ4n) is 14.3. The van der Waals surface area contributed by atoms with E-state index in [0.29, 0.717) is 0 Å². The quantitative estimate of drug-likeness (QED) is 0.0571. The number of carboxylic acids is 2. The van der Waals surface area contributed by atoms with E-state index in [4.69, 9.17) is 71.1 Å². The number of ether oxygens (including phenoxy) is 15. The Morgan fingerprint density at radius 2 is 0.622 bits per heavy atom. The van der Waals surface area contributed by atoms with Crippen LogP contribution < -0.4 is 0 Å². The highest BCUT2D eigenvalue weighted by Gasteiger charge is 2.60. The third-order valence-electron chi connectivity index (χ3n) is 21.1. The van der Waals surface area contributed by atoms with Gasteiger partial charge in [0.25, 0.3) is 0 Å². The highest BCUT2D eigenvalue weighted by molar-refractivity contribution is 5.74. The molecule has 42 nitrogen and oxygen atoms in total. The minimum Gasteiger partial charge on any atom is -0.479 e. The maximum absolute atomic E-state index is 12.2. The monoisotopic (exact) mass is 1630 g/mol. The van der Waals surface area contributed by atoms with Crippen LogP contribution in [0.2, 0.25) is 0 Å². The second-order valence-electron chi connectivity index (χ2n) is 31.1. The fourth-order valence-corrected chi connectivity index (χ4v) is 14.3. The van der Waals surface area contributed by atoms with Crippen LogP contribution in [0.1, 0.15) is 111 Å². The molecule has 0 bridgehead atoms. The van der Waals surface area contributed by atoms with Crippen LogP contribution >= 0.6 is 0 Å². The standard InChI is InChI=1S/C26H44O19.C23H40O14.C17H32O9.C2H6.CH4/c1-4-8-11(29)14(32)17(35)25(41-8)45-21-15(33)12(30)9(5-27)42-26(21)44-20-18(36)19(7(3)39-22(20)23(37)38)43-24-16(34)13(31)10(28)6(2)40-24;1-7-10(25)9(6-24)34-21(11(7)26)36-16-12(27)8(2)33-22(15(16)30)37-17-13(28)18(20(31)32)35-19(14(17)29)23(3,4)5;1-7-10(20)8(5-18)25-16(11(7)21)26-14-12(22)9(6-19)24-15(13(14)23)17(2,3)4;1-2;/h6-22,24-36H,4-5H2,1-3H3,(H,37,38);7-19,21-22,24-30H,6H2,1-5H3,(H,31,32);7-16,18-23H,5-6H2,1-4H3;1-2H3;1H4/t6-,7-,8+,9+,10-,11+,12-,13+,14-,15-,16+,17+,18+,19-,20-,21+,22-,24?,25-,26-;;7-,8+,9+,10-,11+,12+,13+,14-,15?,16-;;/m0.0../s1. The van der Waals surface area contributed by atoms with Crippen LogP contribution in [-0.4, -0.2) is 430 Å². The van der Waals surface area contributed by atoms with Gasteiger partial charge in [-0.1, -0.05) is 83.6 Å². The second kappa shape index (κ2) is 41.9. The van der Waals surface area contributed by atoms with Gasteiger partial charge in [0.1, 0.15) is 165 Å². The summed E-state index contributed by atoms with van der Waals surface area (Å²) in [7, 11) is 0. The van der Waals surface area contributed by atoms with Crippen LogP contribution in [-0.2, 0) is 80.6 Å². The van der Waals surface area contributed by atoms with Crippen LogP contribution in [0, 0.1) is 22.7 Å². The topological polar surface area (TPSA) is 678 Å². The molecule has 0 aromatic rings. The molecule has 9 heterocycles. The maximum atomic E-state index is 12.2. The lowest BCUT2D eigenvalue weighted by Gasteiger charge is -2.49. The average Bonchev–Trinajstić information content (AvgIpc) is 0.777. The van der Waals surface area contributed by atoms with Crippen molar-refractivity contribution in [1.82, 2.24) is 0 Å². The third-order valence-corrected chi connectivity index (χ3v) is 21.1. The molecule has 0 aromatic carbocycles. The van der Waals surface area contributed by atoms with Crippen molar-refractivity contribution in [3.63, 3.8) is 0 Å². The molecule has 9 saturated heterocycles. The molecule has 17 unspecified atom stereocenters. The normalized spacial score (nSPS) is 49.2. The Hall–Kier alpha value is -2.58. The van der Waals surface area contributed by atoms with Gasteiger partial charge < -0.3 is 199 Å². The van der Waals surface area contributed by atoms with Crippen molar-refractivity contribution in [2.45, 2.75) is 374 Å². The van der Waals surface area contributed by atoms with Gasteiger partial charge in [0.2, 0.25) is 0 Å². The summed E-state index contributed by atoms with van der Waals surface area (Å²) in [5.74, 6) is -4.50. The Kier molecular flexibility index (Phi) is 37.4. The van der Waals surface area contributed by atoms with E-state index in [1.807, 2.05) is 34.6 Å². The summed E-state index contributed by atoms with van der Waals surface area (Å²) in [6.45, 7) is 21.2. The van der Waals surface area contributed by atoms with Crippen LogP contribution in [0.3, 0.4) is 0 Å². The van der Waals surface area contributed by atoms with Gasteiger partial charge in [-0.2, -0.15) is 0 Å². The van der Waals surface area contributed by atoms with Gasteiger partial charge in [0, 0.05) is 11.8 Å². The van der Waals surface area contributed by atoms with Gasteiger partial charge in [-0.3, -0.25) is 0 Å². The van der Waals surface area contributed by atoms with E-state index in [1.165, 1.54) is 27.7 Å². The van der Waals surface area contributed by atoms with Gasteiger partial charge >= 0.3 is 11.9 Å². The number of aliphatic carboxylic acids is 2. The summed E-state index contributed by atoms with van der Waals surface area (Å²) in [4.78, 5) is 23.9. The number of aliphatic hydroxyl groups is 23. The number of rotatable bonds is 19. The lowest BCUT2D eigenvalue weighted by molar-refractivity contribution is -0.385. The summed E-state index contributed by atoms with van der Waals surface area (Å²) >= 11 is 0. The number of carboxylic acid groups (broad SMARTS) is 2. The first-order chi connectivity index (χ1) is 51.2. The zero-order chi connectivity index (χ0) is 83.3. The summed E-state index contributed by atoms with van der Waals surface area (Å²) < 4.78 is 83.9. The number of aliphatic hydroxyl groups excluding tert-OH is 23. The molecule has 42 heteroatoms. The molecular weight excluding hydrogens is 1500 g/mol. The Labute approximate surface area is 641 Å². The van der Waals surface area contributed by atoms with E-state index < -0.39 is 325 Å². The predicted molar refractivity (Wildman–Crippen MR) is 368 cm³/mol. The highest BCUT2D eigenvalue weighted by Crippen LogP contribution is 2.42. The van der Waals surface area contributed by atoms with Crippen LogP contribution in [0.4, 0.5) is 0 Å².